The predicted molar refractivity (Wildman–Crippen MR) is 51.9 cm³/mol. The minimum Gasteiger partial charge on any atom is -0.330 e. The topological polar surface area (TPSA) is 69.6 Å². The molecule has 1 aromatic heterocycles. The van der Waals surface area contributed by atoms with Crippen LogP contribution in [0.25, 0.3) is 5.69 Å². The summed E-state index contributed by atoms with van der Waals surface area (Å²) in [5, 5.41) is 11.7. The number of aromatic nitrogens is 4. The number of hydrogen-bond acceptors (Lipinski definition) is 4. The van der Waals surface area contributed by atoms with Crippen molar-refractivity contribution in [3.05, 3.63) is 35.9 Å². The molecule has 0 bridgehead atoms. The van der Waals surface area contributed by atoms with Gasteiger partial charge in [-0.05, 0) is 36.0 Å². The van der Waals surface area contributed by atoms with E-state index in [4.69, 9.17) is 5.73 Å². The van der Waals surface area contributed by atoms with Gasteiger partial charge >= 0.3 is 0 Å². The summed E-state index contributed by atoms with van der Waals surface area (Å²) < 4.78 is 12.6. The monoisotopic (exact) mass is 207 g/mol. The Labute approximate surface area is 85.7 Å². The minimum atomic E-state index is -0.291. The third-order valence-corrected chi connectivity index (χ3v) is 1.88. The maximum Gasteiger partial charge on any atom is 0.176 e. The first-order chi connectivity index (χ1) is 7.29. The number of nitrogens with zero attached hydrogens (tertiary/aromatic N) is 4. The molecule has 0 aliphatic carbocycles. The summed E-state index contributed by atoms with van der Waals surface area (Å²) in [6, 6.07) is 5.87. The zero-order chi connectivity index (χ0) is 10.7. The molecule has 15 heavy (non-hydrogen) atoms. The second-order valence-corrected chi connectivity index (χ2v) is 3.01. The summed E-state index contributed by atoms with van der Waals surface area (Å²) in [6.07, 6.45) is 0.585. The molecule has 2 aromatic rings. The first-order valence-electron chi connectivity index (χ1n) is 4.54. The summed E-state index contributed by atoms with van der Waals surface area (Å²) in [7, 11) is 0. The molecule has 6 heteroatoms. The zero-order valence-electron chi connectivity index (χ0n) is 7.97. The van der Waals surface area contributed by atoms with E-state index in [1.165, 1.54) is 16.9 Å². The van der Waals surface area contributed by atoms with Crippen LogP contribution in [0.15, 0.2) is 24.3 Å². The molecule has 0 aliphatic heterocycles. The lowest BCUT2D eigenvalue weighted by atomic mass is 10.3. The van der Waals surface area contributed by atoms with Gasteiger partial charge in [-0.2, -0.15) is 0 Å². The molecular formula is C9H10FN5. The van der Waals surface area contributed by atoms with Crippen LogP contribution in [0.2, 0.25) is 0 Å². The Morgan fingerprint density at radius 2 is 2.00 bits per heavy atom. The maximum atomic E-state index is 12.6. The SMILES string of the molecule is NCCc1nnn(-c2ccc(F)cc2)n1. The highest BCUT2D eigenvalue weighted by Gasteiger charge is 2.03. The van der Waals surface area contributed by atoms with Crippen molar-refractivity contribution in [1.82, 2.24) is 20.2 Å². The smallest absolute Gasteiger partial charge is 0.176 e. The Morgan fingerprint density at radius 1 is 1.27 bits per heavy atom. The van der Waals surface area contributed by atoms with Crippen molar-refractivity contribution >= 4 is 0 Å². The fraction of sp³-hybridized carbons (Fsp3) is 0.222. The van der Waals surface area contributed by atoms with Crippen LogP contribution in [0.5, 0.6) is 0 Å². The summed E-state index contributed by atoms with van der Waals surface area (Å²) in [4.78, 5) is 1.35. The third kappa shape index (κ3) is 2.16. The lowest BCUT2D eigenvalue weighted by molar-refractivity contribution is 0.625. The Morgan fingerprint density at radius 3 is 2.67 bits per heavy atom. The molecule has 0 amide bonds. The van der Waals surface area contributed by atoms with Crippen molar-refractivity contribution in [2.24, 2.45) is 5.73 Å². The number of rotatable bonds is 3. The Bertz CT molecular complexity index is 436. The van der Waals surface area contributed by atoms with E-state index in [0.717, 1.165) is 0 Å². The van der Waals surface area contributed by atoms with E-state index in [-0.39, 0.29) is 5.82 Å². The number of benzene rings is 1. The fourth-order valence-electron chi connectivity index (χ4n) is 1.16. The molecule has 0 spiro atoms. The number of tetrazole rings is 1. The molecule has 5 nitrogen and oxygen atoms in total. The van der Waals surface area contributed by atoms with Crippen LogP contribution in [0.3, 0.4) is 0 Å². The molecule has 0 fully saturated rings. The standard InChI is InChI=1S/C9H10FN5/c10-7-1-3-8(4-2-7)15-13-9(5-6-11)12-14-15/h1-4H,5-6,11H2. The predicted octanol–water partition coefficient (Wildman–Crippen LogP) is 0.303. The Balaban J connectivity index is 2.25. The Hall–Kier alpha value is -1.82. The summed E-state index contributed by atoms with van der Waals surface area (Å²) in [5.41, 5.74) is 6.04. The van der Waals surface area contributed by atoms with Crippen molar-refractivity contribution < 1.29 is 4.39 Å². The van der Waals surface area contributed by atoms with Gasteiger partial charge in [0.1, 0.15) is 5.82 Å². The summed E-state index contributed by atoms with van der Waals surface area (Å²) >= 11 is 0. The number of halogens is 1. The molecule has 0 atom stereocenters. The molecule has 0 saturated heterocycles. The van der Waals surface area contributed by atoms with Crippen LogP contribution in [0.1, 0.15) is 5.82 Å². The van der Waals surface area contributed by atoms with Crippen molar-refractivity contribution in [2.75, 3.05) is 6.54 Å². The van der Waals surface area contributed by atoms with E-state index in [0.29, 0.717) is 24.5 Å². The molecule has 0 saturated carbocycles. The normalized spacial score (nSPS) is 10.5. The van der Waals surface area contributed by atoms with E-state index >= 15 is 0 Å². The molecule has 2 N–H and O–H groups in total. The first kappa shape index (κ1) is 9.72. The van der Waals surface area contributed by atoms with Crippen LogP contribution in [0, 0.1) is 5.82 Å². The number of hydrogen-bond donors (Lipinski definition) is 1. The van der Waals surface area contributed by atoms with Crippen molar-refractivity contribution in [2.45, 2.75) is 6.42 Å². The lowest BCUT2D eigenvalue weighted by Gasteiger charge is -1.96. The van der Waals surface area contributed by atoms with Crippen LogP contribution in [-0.4, -0.2) is 26.8 Å². The minimum absolute atomic E-state index is 0.291. The second-order valence-electron chi connectivity index (χ2n) is 3.01. The highest BCUT2D eigenvalue weighted by atomic mass is 19.1. The molecule has 1 aromatic carbocycles. The van der Waals surface area contributed by atoms with Crippen molar-refractivity contribution in [3.63, 3.8) is 0 Å². The second kappa shape index (κ2) is 4.14. The fourth-order valence-corrected chi connectivity index (χ4v) is 1.16. The van der Waals surface area contributed by atoms with Gasteiger partial charge in [-0.25, -0.2) is 4.39 Å². The largest absolute Gasteiger partial charge is 0.330 e. The van der Waals surface area contributed by atoms with E-state index < -0.39 is 0 Å². The summed E-state index contributed by atoms with van der Waals surface area (Å²) in [6.45, 7) is 0.481. The van der Waals surface area contributed by atoms with Gasteiger partial charge in [0.25, 0.3) is 0 Å². The van der Waals surface area contributed by atoms with Crippen LogP contribution in [0.4, 0.5) is 4.39 Å². The molecule has 1 heterocycles. The molecule has 0 radical (unpaired) electrons. The first-order valence-corrected chi connectivity index (χ1v) is 4.54. The lowest BCUT2D eigenvalue weighted by Crippen LogP contribution is -2.05. The van der Waals surface area contributed by atoms with E-state index in [1.807, 2.05) is 0 Å². The van der Waals surface area contributed by atoms with Gasteiger partial charge in [-0.15, -0.1) is 15.0 Å². The average molecular weight is 207 g/mol. The van der Waals surface area contributed by atoms with Gasteiger partial charge in [-0.3, -0.25) is 0 Å². The summed E-state index contributed by atoms with van der Waals surface area (Å²) in [5.74, 6) is 0.294. The van der Waals surface area contributed by atoms with Gasteiger partial charge < -0.3 is 5.73 Å². The van der Waals surface area contributed by atoms with Gasteiger partial charge in [0, 0.05) is 6.42 Å². The molecule has 0 aliphatic rings. The van der Waals surface area contributed by atoms with Crippen molar-refractivity contribution in [1.29, 1.82) is 0 Å². The highest BCUT2D eigenvalue weighted by Crippen LogP contribution is 2.05. The quantitative estimate of drug-likeness (QED) is 0.786. The molecular weight excluding hydrogens is 197 g/mol. The molecule has 78 valence electrons. The highest BCUT2D eigenvalue weighted by molar-refractivity contribution is 5.28. The third-order valence-electron chi connectivity index (χ3n) is 1.88. The maximum absolute atomic E-state index is 12.6. The number of nitrogens with two attached hydrogens (primary N) is 1. The van der Waals surface area contributed by atoms with Crippen molar-refractivity contribution in [3.8, 4) is 5.69 Å². The van der Waals surface area contributed by atoms with Crippen LogP contribution >= 0.6 is 0 Å². The van der Waals surface area contributed by atoms with Crippen LogP contribution < -0.4 is 5.73 Å². The van der Waals surface area contributed by atoms with E-state index in [9.17, 15) is 4.39 Å². The molecule has 2 rings (SSSR count). The zero-order valence-corrected chi connectivity index (χ0v) is 7.97. The van der Waals surface area contributed by atoms with Gasteiger partial charge in [-0.1, -0.05) is 0 Å². The average Bonchev–Trinajstić information content (AvgIpc) is 2.68. The van der Waals surface area contributed by atoms with E-state index in [1.54, 1.807) is 12.1 Å². The Kier molecular flexibility index (Phi) is 2.68. The molecule has 0 unspecified atom stereocenters. The van der Waals surface area contributed by atoms with Crippen LogP contribution in [-0.2, 0) is 6.42 Å². The van der Waals surface area contributed by atoms with Gasteiger partial charge in [0.05, 0.1) is 5.69 Å². The van der Waals surface area contributed by atoms with E-state index in [2.05, 4.69) is 15.4 Å². The van der Waals surface area contributed by atoms with Gasteiger partial charge in [0.2, 0.25) is 0 Å². The van der Waals surface area contributed by atoms with Gasteiger partial charge in [0.15, 0.2) is 5.82 Å².